The molecule has 10 heteroatoms. The Balaban J connectivity index is 0. The first kappa shape index (κ1) is 30.7. The van der Waals surface area contributed by atoms with E-state index in [2.05, 4.69) is 22.0 Å². The number of nitrogens with zero attached hydrogens (tertiary/aromatic N) is 3. The van der Waals surface area contributed by atoms with Gasteiger partial charge in [0.25, 0.3) is 0 Å². The quantitative estimate of drug-likeness (QED) is 0.342. The zero-order chi connectivity index (χ0) is 22.5. The van der Waals surface area contributed by atoms with Gasteiger partial charge >= 0.3 is 51.4 Å². The smallest absolute Gasteiger partial charge is 0.360 e. The van der Waals surface area contributed by atoms with Gasteiger partial charge in [-0.3, -0.25) is 9.59 Å². The Morgan fingerprint density at radius 2 is 1.39 bits per heavy atom. The van der Waals surface area contributed by atoms with E-state index in [0.717, 1.165) is 25.3 Å². The maximum atomic E-state index is 12.1. The third-order valence-electron chi connectivity index (χ3n) is 4.28. The normalized spacial score (nSPS) is 14.0. The Morgan fingerprint density at radius 1 is 0.848 bits per heavy atom. The second kappa shape index (κ2) is 17.2. The van der Waals surface area contributed by atoms with Gasteiger partial charge in [0.15, 0.2) is 0 Å². The number of nitrogens with one attached hydrogen (secondary N) is 3. The molecule has 0 unspecified atom stereocenters. The molecule has 8 nitrogen and oxygen atoms in total. The van der Waals surface area contributed by atoms with Gasteiger partial charge in [0, 0.05) is 33.3 Å². The predicted octanol–water partition coefficient (Wildman–Crippen LogP) is -1.40. The van der Waals surface area contributed by atoms with Crippen LogP contribution in [0.1, 0.15) is 12.6 Å². The van der Waals surface area contributed by atoms with Gasteiger partial charge in [-0.15, -0.1) is 0 Å². The summed E-state index contributed by atoms with van der Waals surface area (Å²) in [5.74, 6) is -0.161. The molecule has 0 aromatic heterocycles. The van der Waals surface area contributed by atoms with Crippen molar-refractivity contribution in [1.82, 2.24) is 16.0 Å². The Labute approximate surface area is 238 Å². The fraction of sp³-hybridized carbons (Fsp3) is 0.261. The number of hydrogen-bond donors (Lipinski definition) is 3. The van der Waals surface area contributed by atoms with Gasteiger partial charge in [-0.2, -0.15) is 10.5 Å². The van der Waals surface area contributed by atoms with Crippen molar-refractivity contribution in [2.75, 3.05) is 44.2 Å². The molecule has 0 bridgehead atoms. The largest absolute Gasteiger partial charge is 1.00 e. The van der Waals surface area contributed by atoms with Crippen LogP contribution >= 0.6 is 0 Å². The van der Waals surface area contributed by atoms with E-state index in [4.69, 9.17) is 10.5 Å². The van der Waals surface area contributed by atoms with Crippen molar-refractivity contribution in [3.05, 3.63) is 72.9 Å². The minimum Gasteiger partial charge on any atom is -0.360 e. The minimum absolute atomic E-state index is 0. The van der Waals surface area contributed by atoms with Crippen LogP contribution in [0.2, 0.25) is 0 Å². The summed E-state index contributed by atoms with van der Waals surface area (Å²) in [6.07, 6.45) is 0. The standard InChI is InChI=1S/C11H11N3O.C7H4FN.C4H8N2O.CH3.K.H2/c12-7-9-1-3-10(4-2-9)14-6-5-13-11(15)8-14;8-7-3-1-6(5-9)2-4-7;7-4-3-5-1-2-6-4;;;/h1-4H,5-6,8H2,(H,13,15);1-4H;5H,1-3H2,(H,6,7);1H3;;1H/q;;;-1;+1;. The van der Waals surface area contributed by atoms with Gasteiger partial charge in [-0.05, 0) is 48.5 Å². The first-order valence-corrected chi connectivity index (χ1v) is 9.66. The Hall–Kier alpha value is -2.31. The van der Waals surface area contributed by atoms with E-state index in [1.54, 1.807) is 12.1 Å². The Bertz CT molecular complexity index is 953. The molecule has 170 valence electrons. The molecule has 0 spiro atoms. The molecule has 33 heavy (non-hydrogen) atoms. The number of piperazine rings is 2. The molecular formula is C23H28FKN6O2. The molecule has 0 radical (unpaired) electrons. The maximum Gasteiger partial charge on any atom is 1.00 e. The van der Waals surface area contributed by atoms with Crippen molar-refractivity contribution in [1.29, 1.82) is 10.5 Å². The van der Waals surface area contributed by atoms with Crippen molar-refractivity contribution < 1.29 is 66.8 Å². The van der Waals surface area contributed by atoms with Crippen LogP contribution < -0.4 is 72.2 Å². The van der Waals surface area contributed by atoms with E-state index in [9.17, 15) is 14.0 Å². The average molecular weight is 479 g/mol. The molecular weight excluding hydrogens is 450 g/mol. The number of rotatable bonds is 1. The van der Waals surface area contributed by atoms with Crippen LogP contribution in [0.5, 0.6) is 0 Å². The summed E-state index contributed by atoms with van der Waals surface area (Å²) in [5, 5.41) is 25.3. The molecule has 4 rings (SSSR count). The number of carbonyl (C=O) groups is 2. The topological polar surface area (TPSA) is 121 Å². The summed E-state index contributed by atoms with van der Waals surface area (Å²) >= 11 is 0. The summed E-state index contributed by atoms with van der Waals surface area (Å²) in [5.41, 5.74) is 2.11. The van der Waals surface area contributed by atoms with Gasteiger partial charge < -0.3 is 28.3 Å². The van der Waals surface area contributed by atoms with E-state index in [1.165, 1.54) is 24.3 Å². The first-order valence-electron chi connectivity index (χ1n) is 9.66. The summed E-state index contributed by atoms with van der Waals surface area (Å²) in [6.45, 7) is 4.06. The van der Waals surface area contributed by atoms with Crippen molar-refractivity contribution in [2.45, 2.75) is 0 Å². The van der Waals surface area contributed by atoms with Crippen molar-refractivity contribution in [2.24, 2.45) is 0 Å². The van der Waals surface area contributed by atoms with Gasteiger partial charge in [-0.1, -0.05) is 0 Å². The average Bonchev–Trinajstić information content (AvgIpc) is 2.81. The van der Waals surface area contributed by atoms with Crippen LogP contribution in [0.3, 0.4) is 0 Å². The van der Waals surface area contributed by atoms with Crippen LogP contribution in [0.25, 0.3) is 0 Å². The second-order valence-electron chi connectivity index (χ2n) is 6.58. The van der Waals surface area contributed by atoms with Crippen molar-refractivity contribution >= 4 is 17.5 Å². The van der Waals surface area contributed by atoms with Crippen LogP contribution in [-0.2, 0) is 9.59 Å². The minimum atomic E-state index is -0.311. The number of anilines is 1. The van der Waals surface area contributed by atoms with E-state index < -0.39 is 0 Å². The Kier molecular flexibility index (Phi) is 16.0. The van der Waals surface area contributed by atoms with Gasteiger partial charge in [-0.25, -0.2) is 4.39 Å². The van der Waals surface area contributed by atoms with Crippen LogP contribution in [0, 0.1) is 35.9 Å². The SMILES string of the molecule is N#Cc1ccc(F)cc1.N#Cc1ccc(N2CCNC(=O)C2)cc1.O=C1CNCCN1.[CH3-].[HH].[K+]. The molecule has 0 atom stereocenters. The molecule has 0 aliphatic carbocycles. The summed E-state index contributed by atoms with van der Waals surface area (Å²) in [6, 6.07) is 16.6. The number of hydrogen-bond acceptors (Lipinski definition) is 6. The Morgan fingerprint density at radius 3 is 1.82 bits per heavy atom. The molecule has 0 saturated carbocycles. The summed E-state index contributed by atoms with van der Waals surface area (Å²) < 4.78 is 12.1. The van der Waals surface area contributed by atoms with Gasteiger partial charge in [0.05, 0.1) is 36.4 Å². The molecule has 3 N–H and O–H groups in total. The van der Waals surface area contributed by atoms with E-state index in [1.807, 2.05) is 23.1 Å². The number of nitriles is 2. The zero-order valence-electron chi connectivity index (χ0n) is 18.9. The van der Waals surface area contributed by atoms with Crippen molar-refractivity contribution in [3.63, 3.8) is 0 Å². The third kappa shape index (κ3) is 11.9. The molecule has 2 aliphatic heterocycles. The molecule has 2 aliphatic rings. The fourth-order valence-corrected chi connectivity index (χ4v) is 2.68. The monoisotopic (exact) mass is 478 g/mol. The molecule has 2 aromatic rings. The van der Waals surface area contributed by atoms with Gasteiger partial charge in [0.1, 0.15) is 5.82 Å². The predicted molar refractivity (Wildman–Crippen MR) is 122 cm³/mol. The maximum absolute atomic E-state index is 12.1. The first-order chi connectivity index (χ1) is 15.0. The van der Waals surface area contributed by atoms with E-state index >= 15 is 0 Å². The number of carbonyl (C=O) groups excluding carboxylic acids is 2. The number of amides is 2. The van der Waals surface area contributed by atoms with Crippen molar-refractivity contribution in [3.8, 4) is 12.1 Å². The van der Waals surface area contributed by atoms with Crippen LogP contribution in [0.4, 0.5) is 10.1 Å². The molecule has 2 amide bonds. The van der Waals surface area contributed by atoms with Crippen LogP contribution in [0.15, 0.2) is 48.5 Å². The molecule has 2 saturated heterocycles. The third-order valence-corrected chi connectivity index (χ3v) is 4.28. The van der Waals surface area contributed by atoms with E-state index in [0.29, 0.717) is 30.8 Å². The summed E-state index contributed by atoms with van der Waals surface area (Å²) in [4.78, 5) is 23.5. The zero-order valence-corrected chi connectivity index (χ0v) is 22.0. The summed E-state index contributed by atoms with van der Waals surface area (Å²) in [7, 11) is 0. The molecule has 2 fully saturated rings. The second-order valence-corrected chi connectivity index (χ2v) is 6.58. The van der Waals surface area contributed by atoms with Gasteiger partial charge in [0.2, 0.25) is 11.8 Å². The molecule has 2 aromatic carbocycles. The van der Waals surface area contributed by atoms with E-state index in [-0.39, 0.29) is 77.9 Å². The number of benzene rings is 2. The molecule has 2 heterocycles. The fourth-order valence-electron chi connectivity index (χ4n) is 2.68. The van der Waals surface area contributed by atoms with Crippen LogP contribution in [-0.4, -0.2) is 51.1 Å². The number of halogens is 1.